The van der Waals surface area contributed by atoms with Crippen LogP contribution in [0, 0.1) is 0 Å². The van der Waals surface area contributed by atoms with Crippen LogP contribution >= 0.6 is 35.6 Å². The number of benzene rings is 3. The molecule has 18 heteroatoms. The van der Waals surface area contributed by atoms with Gasteiger partial charge in [0.25, 0.3) is 5.91 Å². The molecule has 2 atom stereocenters. The molecule has 2 aliphatic heterocycles. The largest absolute Gasteiger partial charge is 0.416 e. The second-order valence-electron chi connectivity index (χ2n) is 15.3. The van der Waals surface area contributed by atoms with Crippen molar-refractivity contribution in [2.75, 3.05) is 86.5 Å². The zero-order valence-electron chi connectivity index (χ0n) is 33.2. The smallest absolute Gasteiger partial charge is 0.383 e. The molecule has 2 fully saturated rings. The van der Waals surface area contributed by atoms with E-state index in [1.807, 2.05) is 12.1 Å². The van der Waals surface area contributed by atoms with Gasteiger partial charge >= 0.3 is 12.4 Å². The monoisotopic (exact) mass is 909 g/mol. The molecule has 3 aromatic carbocycles. The molecule has 2 heterocycles. The fourth-order valence-corrected chi connectivity index (χ4v) is 8.87. The summed E-state index contributed by atoms with van der Waals surface area (Å²) in [6.07, 6.45) is -8.05. The van der Waals surface area contributed by atoms with Crippen LogP contribution in [-0.2, 0) is 53.5 Å². The zero-order valence-corrected chi connectivity index (χ0v) is 35.5. The second-order valence-corrected chi connectivity index (χ2v) is 16.1. The number of alkyl halides is 6. The molecular formula is C42H48Cl3F6N3O6. The third-order valence-corrected chi connectivity index (χ3v) is 12.5. The third-order valence-electron chi connectivity index (χ3n) is 11.8. The van der Waals surface area contributed by atoms with E-state index in [-0.39, 0.29) is 72.2 Å². The number of piperidine rings is 1. The lowest BCUT2D eigenvalue weighted by Gasteiger charge is -2.46. The van der Waals surface area contributed by atoms with Crippen molar-refractivity contribution in [1.29, 1.82) is 0 Å². The molecule has 0 N–H and O–H groups in total. The lowest BCUT2D eigenvalue weighted by atomic mass is 9.72. The standard InChI is InChI=1S/C42H47Cl2F6N3O6.ClH/c1-56-18-15-52(16-19-57-2)37(54)26-58-36-23-28-5-3-4-6-33(28)39(36)9-12-51(13-10-39)14-11-40(30-7-8-34(43)35(44)25-30)27-53(17-20-59-40)38(55)29-21-31(41(45,46)47)24-32(22-29)42(48,49)50;/h3-8,21-22,24-25,36H,9-20,23,26-27H2,1-2H3;1H/t36-,40-;/m0./s1. The van der Waals surface area contributed by atoms with Crippen LogP contribution in [-0.4, -0.2) is 119 Å². The van der Waals surface area contributed by atoms with Gasteiger partial charge in [0.15, 0.2) is 0 Å². The van der Waals surface area contributed by atoms with Crippen LogP contribution in [0.1, 0.15) is 57.4 Å². The van der Waals surface area contributed by atoms with Gasteiger partial charge in [-0.25, -0.2) is 0 Å². The number of ether oxygens (including phenoxy) is 4. The van der Waals surface area contributed by atoms with Gasteiger partial charge in [-0.3, -0.25) is 9.59 Å². The predicted octanol–water partition coefficient (Wildman–Crippen LogP) is 8.31. The van der Waals surface area contributed by atoms with E-state index in [4.69, 9.17) is 42.1 Å². The van der Waals surface area contributed by atoms with Gasteiger partial charge in [-0.05, 0) is 85.8 Å². The van der Waals surface area contributed by atoms with E-state index in [9.17, 15) is 35.9 Å². The topological polar surface area (TPSA) is 80.8 Å². The molecular weight excluding hydrogens is 863 g/mol. The molecule has 9 nitrogen and oxygen atoms in total. The van der Waals surface area contributed by atoms with Crippen LogP contribution in [0.2, 0.25) is 10.0 Å². The maximum atomic E-state index is 13.8. The van der Waals surface area contributed by atoms with E-state index in [0.717, 1.165) is 12.8 Å². The van der Waals surface area contributed by atoms with Gasteiger partial charge in [-0.2, -0.15) is 26.3 Å². The number of halogens is 9. The summed E-state index contributed by atoms with van der Waals surface area (Å²) < 4.78 is 106. The summed E-state index contributed by atoms with van der Waals surface area (Å²) in [6, 6.07) is 14.0. The zero-order chi connectivity index (χ0) is 42.6. The maximum absolute atomic E-state index is 13.8. The van der Waals surface area contributed by atoms with Gasteiger partial charge in [0, 0.05) is 51.4 Å². The highest BCUT2D eigenvalue weighted by Crippen LogP contribution is 2.48. The molecule has 0 aromatic heterocycles. The Kier molecular flexibility index (Phi) is 15.9. The van der Waals surface area contributed by atoms with Crippen LogP contribution in [0.4, 0.5) is 26.3 Å². The van der Waals surface area contributed by atoms with E-state index >= 15 is 0 Å². The molecule has 330 valence electrons. The second kappa shape index (κ2) is 19.9. The molecule has 60 heavy (non-hydrogen) atoms. The quantitative estimate of drug-likeness (QED) is 0.151. The van der Waals surface area contributed by atoms with Crippen molar-refractivity contribution in [3.8, 4) is 0 Å². The normalized spacial score (nSPS) is 20.5. The van der Waals surface area contributed by atoms with E-state index < -0.39 is 40.6 Å². The van der Waals surface area contributed by atoms with E-state index in [1.165, 1.54) is 16.0 Å². The average molecular weight is 911 g/mol. The Hall–Kier alpha value is -3.15. The van der Waals surface area contributed by atoms with Crippen molar-refractivity contribution < 1.29 is 54.9 Å². The van der Waals surface area contributed by atoms with Crippen LogP contribution in [0.5, 0.6) is 0 Å². The van der Waals surface area contributed by atoms with E-state index in [2.05, 4.69) is 17.0 Å². The van der Waals surface area contributed by atoms with Crippen molar-refractivity contribution >= 4 is 47.4 Å². The first-order valence-corrected chi connectivity index (χ1v) is 20.1. The molecule has 2 saturated heterocycles. The van der Waals surface area contributed by atoms with Crippen LogP contribution in [0.3, 0.4) is 0 Å². The molecule has 0 bridgehead atoms. The highest BCUT2D eigenvalue weighted by atomic mass is 35.5. The number of rotatable bonds is 14. The van der Waals surface area contributed by atoms with Gasteiger partial charge < -0.3 is 33.6 Å². The number of likely N-dealkylation sites (tertiary alicyclic amines) is 1. The highest BCUT2D eigenvalue weighted by molar-refractivity contribution is 6.42. The summed E-state index contributed by atoms with van der Waals surface area (Å²) in [5, 5.41) is 0.486. The van der Waals surface area contributed by atoms with Crippen LogP contribution in [0.15, 0.2) is 60.7 Å². The summed E-state index contributed by atoms with van der Waals surface area (Å²) in [7, 11) is 3.16. The number of fused-ring (bicyclic) bond motifs is 2. The fraction of sp³-hybridized carbons (Fsp3) is 0.524. The Balaban J connectivity index is 0.00000683. The molecule has 3 aromatic rings. The molecule has 0 saturated carbocycles. The lowest BCUT2D eigenvalue weighted by molar-refractivity contribution is -0.143. The third kappa shape index (κ3) is 10.7. The van der Waals surface area contributed by atoms with Crippen molar-refractivity contribution in [2.45, 2.75) is 55.2 Å². The number of nitrogens with zero attached hydrogens (tertiary/aromatic N) is 3. The van der Waals surface area contributed by atoms with Crippen molar-refractivity contribution in [3.05, 3.63) is 104 Å². The number of methoxy groups -OCH3 is 2. The summed E-state index contributed by atoms with van der Waals surface area (Å²) in [6.45, 7) is 3.02. The van der Waals surface area contributed by atoms with Crippen molar-refractivity contribution in [3.63, 3.8) is 0 Å². The minimum Gasteiger partial charge on any atom is -0.383 e. The van der Waals surface area contributed by atoms with Crippen molar-refractivity contribution in [2.24, 2.45) is 0 Å². The minimum atomic E-state index is -5.11. The Morgan fingerprint density at radius 1 is 0.867 bits per heavy atom. The number of hydrogen-bond donors (Lipinski definition) is 0. The summed E-state index contributed by atoms with van der Waals surface area (Å²) in [5.41, 5.74) is -2.50. The van der Waals surface area contributed by atoms with Crippen LogP contribution < -0.4 is 0 Å². The van der Waals surface area contributed by atoms with Gasteiger partial charge in [0.2, 0.25) is 5.91 Å². The molecule has 0 radical (unpaired) electrons. The highest BCUT2D eigenvalue weighted by Gasteiger charge is 2.50. The average Bonchev–Trinajstić information content (AvgIpc) is 3.51. The number of amides is 2. The Bertz CT molecular complexity index is 1920. The van der Waals surface area contributed by atoms with Crippen LogP contribution in [0.25, 0.3) is 0 Å². The van der Waals surface area contributed by atoms with Gasteiger partial charge in [-0.15, -0.1) is 12.4 Å². The van der Waals surface area contributed by atoms with Gasteiger partial charge in [0.05, 0.1) is 53.6 Å². The molecule has 2 amide bonds. The number of carbonyl (C=O) groups is 2. The first kappa shape index (κ1) is 47.9. The SMILES string of the molecule is COCCN(CCOC)C(=O)CO[C@H]1Cc2ccccc2C12CCN(CC[C@@]1(c3ccc(Cl)c(Cl)c3)CN(C(=O)c3cc(C(F)(F)F)cc(C(F)(F)F)c3)CCO1)CC2.Cl. The summed E-state index contributed by atoms with van der Waals surface area (Å²) in [4.78, 5) is 32.3. The number of carbonyl (C=O) groups excluding carboxylic acids is 2. The first-order chi connectivity index (χ1) is 28.0. The van der Waals surface area contributed by atoms with Gasteiger partial charge in [0.1, 0.15) is 12.2 Å². The number of hydrogen-bond acceptors (Lipinski definition) is 7. The molecule has 6 rings (SSSR count). The van der Waals surface area contributed by atoms with Gasteiger partial charge in [-0.1, -0.05) is 53.5 Å². The number of morpholine rings is 1. The molecule has 1 spiro atoms. The maximum Gasteiger partial charge on any atom is 0.416 e. The minimum absolute atomic E-state index is 0. The molecule has 0 unspecified atom stereocenters. The predicted molar refractivity (Wildman–Crippen MR) is 216 cm³/mol. The first-order valence-electron chi connectivity index (χ1n) is 19.4. The Morgan fingerprint density at radius 2 is 1.50 bits per heavy atom. The summed E-state index contributed by atoms with van der Waals surface area (Å²) in [5.74, 6) is -1.14. The van der Waals surface area contributed by atoms with E-state index in [1.54, 1.807) is 37.3 Å². The molecule has 1 aliphatic carbocycles. The summed E-state index contributed by atoms with van der Waals surface area (Å²) >= 11 is 12.7. The van der Waals surface area contributed by atoms with Crippen molar-refractivity contribution in [1.82, 2.24) is 14.7 Å². The fourth-order valence-electron chi connectivity index (χ4n) is 8.57. The Morgan fingerprint density at radius 3 is 2.10 bits per heavy atom. The van der Waals surface area contributed by atoms with E-state index in [0.29, 0.717) is 76.5 Å². The lowest BCUT2D eigenvalue weighted by Crippen LogP contribution is -2.54. The Labute approximate surface area is 361 Å². The molecule has 3 aliphatic rings.